The van der Waals surface area contributed by atoms with Gasteiger partial charge in [0.2, 0.25) is 0 Å². The molecule has 3 aromatic carbocycles. The van der Waals surface area contributed by atoms with E-state index in [9.17, 15) is 10.1 Å². The molecule has 0 aromatic heterocycles. The highest BCUT2D eigenvalue weighted by molar-refractivity contribution is 14.1. The largest absolute Gasteiger partial charge is 0.487 e. The molecule has 0 aliphatic heterocycles. The van der Waals surface area contributed by atoms with Crippen LogP contribution in [0.4, 0.5) is 5.69 Å². The quantitative estimate of drug-likeness (QED) is 0.169. The van der Waals surface area contributed by atoms with Gasteiger partial charge in [-0.15, -0.1) is 0 Å². The van der Waals surface area contributed by atoms with E-state index in [1.54, 1.807) is 18.2 Å². The van der Waals surface area contributed by atoms with Crippen molar-refractivity contribution >= 4 is 85.4 Å². The molecule has 0 atom stereocenters. The van der Waals surface area contributed by atoms with Gasteiger partial charge in [-0.25, -0.2) is 0 Å². The molecule has 156 valence electrons. The third-order valence-electron chi connectivity index (χ3n) is 4.26. The Labute approximate surface area is 222 Å². The first-order valence-electron chi connectivity index (χ1n) is 9.22. The second-order valence-electron chi connectivity index (χ2n) is 6.72. The summed E-state index contributed by atoms with van der Waals surface area (Å²) >= 11 is 6.63. The number of hydrogen-bond donors (Lipinski definition) is 1. The predicted octanol–water partition coefficient (Wildman–Crippen LogP) is 6.93. The number of hydrogen-bond acceptors (Lipinski definition) is 3. The van der Waals surface area contributed by atoms with E-state index in [0.717, 1.165) is 27.6 Å². The lowest BCUT2D eigenvalue weighted by molar-refractivity contribution is -0.112. The Kier molecular flexibility index (Phi) is 8.74. The summed E-state index contributed by atoms with van der Waals surface area (Å²) < 4.78 is 8.95. The molecule has 4 nitrogen and oxygen atoms in total. The van der Waals surface area contributed by atoms with Crippen LogP contribution < -0.4 is 10.1 Å². The topological polar surface area (TPSA) is 62.1 Å². The van der Waals surface area contributed by atoms with Crippen LogP contribution in [0.25, 0.3) is 6.08 Å². The van der Waals surface area contributed by atoms with Crippen LogP contribution in [0.2, 0.25) is 0 Å². The zero-order valence-electron chi connectivity index (χ0n) is 16.5. The average Bonchev–Trinajstić information content (AvgIpc) is 2.73. The molecule has 31 heavy (non-hydrogen) atoms. The summed E-state index contributed by atoms with van der Waals surface area (Å²) in [6.45, 7) is 2.53. The van der Waals surface area contributed by atoms with E-state index < -0.39 is 5.91 Å². The van der Waals surface area contributed by atoms with Crippen LogP contribution in [0.3, 0.4) is 0 Å². The molecule has 0 heterocycles. The lowest BCUT2D eigenvalue weighted by atomic mass is 10.1. The Balaban J connectivity index is 1.76. The number of nitriles is 1. The first kappa shape index (κ1) is 24.0. The van der Waals surface area contributed by atoms with Crippen molar-refractivity contribution in [3.05, 3.63) is 93.6 Å². The minimum absolute atomic E-state index is 0.0404. The number of ether oxygens (including phenoxy) is 1. The second-order valence-corrected chi connectivity index (χ2v) is 10.3. The maximum atomic E-state index is 12.5. The molecule has 0 spiro atoms. The fourth-order valence-corrected chi connectivity index (χ4v) is 5.29. The maximum absolute atomic E-state index is 12.5. The van der Waals surface area contributed by atoms with Crippen LogP contribution in [-0.2, 0) is 11.4 Å². The van der Waals surface area contributed by atoms with Gasteiger partial charge < -0.3 is 10.1 Å². The van der Waals surface area contributed by atoms with Gasteiger partial charge in [0.1, 0.15) is 24.0 Å². The lowest BCUT2D eigenvalue weighted by Crippen LogP contribution is -2.13. The molecule has 1 N–H and O–H groups in total. The molecule has 0 fully saturated rings. The molecule has 0 bridgehead atoms. The number of anilines is 1. The van der Waals surface area contributed by atoms with Crippen LogP contribution in [-0.4, -0.2) is 5.91 Å². The number of nitrogens with one attached hydrogen (secondary N) is 1. The molecule has 1 amide bonds. The summed E-state index contributed by atoms with van der Waals surface area (Å²) in [7, 11) is 0. The van der Waals surface area contributed by atoms with Crippen LogP contribution >= 0.6 is 67.8 Å². The van der Waals surface area contributed by atoms with Gasteiger partial charge in [-0.05, 0) is 128 Å². The summed E-state index contributed by atoms with van der Waals surface area (Å²) in [5.41, 5.74) is 3.76. The minimum Gasteiger partial charge on any atom is -0.487 e. The Bertz CT molecular complexity index is 1160. The molecule has 7 heteroatoms. The van der Waals surface area contributed by atoms with Crippen molar-refractivity contribution < 1.29 is 9.53 Å². The first-order chi connectivity index (χ1) is 14.9. The highest BCUT2D eigenvalue weighted by atomic mass is 127. The van der Waals surface area contributed by atoms with Gasteiger partial charge in [-0.3, -0.25) is 4.79 Å². The van der Waals surface area contributed by atoms with E-state index in [1.165, 1.54) is 5.56 Å². The molecule has 3 rings (SSSR count). The highest BCUT2D eigenvalue weighted by Gasteiger charge is 2.13. The van der Waals surface area contributed by atoms with Crippen LogP contribution in [0.1, 0.15) is 16.7 Å². The van der Waals surface area contributed by atoms with E-state index in [-0.39, 0.29) is 5.57 Å². The molecule has 0 unspecified atom stereocenters. The number of amides is 1. The summed E-state index contributed by atoms with van der Waals surface area (Å²) in [4.78, 5) is 12.5. The Morgan fingerprint density at radius 1 is 1.06 bits per heavy atom. The third kappa shape index (κ3) is 6.92. The van der Waals surface area contributed by atoms with Crippen LogP contribution in [0, 0.1) is 29.0 Å². The molecule has 0 radical (unpaired) electrons. The maximum Gasteiger partial charge on any atom is 0.266 e. The van der Waals surface area contributed by atoms with Crippen molar-refractivity contribution in [3.63, 3.8) is 0 Å². The van der Waals surface area contributed by atoms with Gasteiger partial charge in [-0.2, -0.15) is 5.26 Å². The zero-order chi connectivity index (χ0) is 22.4. The van der Waals surface area contributed by atoms with Gasteiger partial charge in [0.05, 0.1) is 7.14 Å². The van der Waals surface area contributed by atoms with Crippen molar-refractivity contribution in [1.82, 2.24) is 0 Å². The van der Waals surface area contributed by atoms with Gasteiger partial charge in [-0.1, -0.05) is 29.8 Å². The minimum atomic E-state index is -0.437. The van der Waals surface area contributed by atoms with E-state index in [4.69, 9.17) is 4.74 Å². The molecule has 0 saturated heterocycles. The van der Waals surface area contributed by atoms with E-state index in [1.807, 2.05) is 42.5 Å². The van der Waals surface area contributed by atoms with Crippen molar-refractivity contribution in [3.8, 4) is 11.8 Å². The summed E-state index contributed by atoms with van der Waals surface area (Å²) in [6, 6.07) is 21.4. The number of aryl methyl sites for hydroxylation is 1. The SMILES string of the molecule is Cc1cccc(COc2c(I)cc(/C=C(\C#N)C(=O)Nc3ccc(I)cc3)cc2I)c1. The Morgan fingerprint density at radius 2 is 1.74 bits per heavy atom. The normalized spacial score (nSPS) is 11.0. The fourth-order valence-electron chi connectivity index (χ4n) is 2.81. The Morgan fingerprint density at radius 3 is 2.35 bits per heavy atom. The number of halogens is 3. The number of carbonyl (C=O) groups is 1. The van der Waals surface area contributed by atoms with Gasteiger partial charge in [0, 0.05) is 9.26 Å². The van der Waals surface area contributed by atoms with Gasteiger partial charge in [0.15, 0.2) is 0 Å². The van der Waals surface area contributed by atoms with Crippen LogP contribution in [0.15, 0.2) is 66.2 Å². The molecule has 3 aromatic rings. The van der Waals surface area contributed by atoms with Crippen molar-refractivity contribution in [2.24, 2.45) is 0 Å². The molecule has 0 saturated carbocycles. The summed E-state index contributed by atoms with van der Waals surface area (Å²) in [6.07, 6.45) is 1.59. The molecular formula is C24H17I3N2O2. The highest BCUT2D eigenvalue weighted by Crippen LogP contribution is 2.30. The summed E-state index contributed by atoms with van der Waals surface area (Å²) in [5.74, 6) is 0.357. The molecule has 0 aliphatic rings. The predicted molar refractivity (Wildman–Crippen MR) is 149 cm³/mol. The standard InChI is InChI=1S/C24H17I3N2O2/c1-15-3-2-4-16(9-15)14-31-23-21(26)11-17(12-22(23)27)10-18(13-28)24(30)29-20-7-5-19(25)6-8-20/h2-12H,14H2,1H3,(H,29,30)/b18-10+. The first-order valence-corrected chi connectivity index (χ1v) is 12.5. The Hall–Kier alpha value is -1.65. The monoisotopic (exact) mass is 746 g/mol. The van der Waals surface area contributed by atoms with E-state index >= 15 is 0 Å². The fraction of sp³-hybridized carbons (Fsp3) is 0.0833. The number of rotatable bonds is 6. The van der Waals surface area contributed by atoms with Crippen molar-refractivity contribution in [1.29, 1.82) is 5.26 Å². The number of carbonyl (C=O) groups excluding carboxylic acids is 1. The molecular weight excluding hydrogens is 729 g/mol. The van der Waals surface area contributed by atoms with Gasteiger partial charge >= 0.3 is 0 Å². The zero-order valence-corrected chi connectivity index (χ0v) is 22.9. The van der Waals surface area contributed by atoms with E-state index in [2.05, 4.69) is 92.1 Å². The van der Waals surface area contributed by atoms with Crippen molar-refractivity contribution in [2.45, 2.75) is 13.5 Å². The summed E-state index contributed by atoms with van der Waals surface area (Å²) in [5, 5.41) is 12.3. The van der Waals surface area contributed by atoms with Crippen molar-refractivity contribution in [2.75, 3.05) is 5.32 Å². The average molecular weight is 746 g/mol. The number of nitrogens with zero attached hydrogens (tertiary/aromatic N) is 1. The smallest absolute Gasteiger partial charge is 0.266 e. The van der Waals surface area contributed by atoms with Gasteiger partial charge in [0.25, 0.3) is 5.91 Å². The number of benzene rings is 3. The second kappa shape index (κ2) is 11.3. The molecule has 0 aliphatic carbocycles. The third-order valence-corrected chi connectivity index (χ3v) is 6.59. The lowest BCUT2D eigenvalue weighted by Gasteiger charge is -2.12. The van der Waals surface area contributed by atoms with Crippen LogP contribution in [0.5, 0.6) is 5.75 Å². The van der Waals surface area contributed by atoms with E-state index in [0.29, 0.717) is 12.3 Å².